The summed E-state index contributed by atoms with van der Waals surface area (Å²) in [4.78, 5) is 26.2. The summed E-state index contributed by atoms with van der Waals surface area (Å²) in [6.07, 6.45) is -1.14. The third-order valence-electron chi connectivity index (χ3n) is 3.38. The zero-order valence-electron chi connectivity index (χ0n) is 13.0. The Morgan fingerprint density at radius 3 is 2.40 bits per heavy atom. The van der Waals surface area contributed by atoms with Gasteiger partial charge in [0.15, 0.2) is 0 Å². The summed E-state index contributed by atoms with van der Waals surface area (Å²) in [7, 11) is 0. The van der Waals surface area contributed by atoms with Gasteiger partial charge in [0.2, 0.25) is 6.10 Å². The number of nitrogens with one attached hydrogen (secondary N) is 1. The number of carbonyl (C=O) groups is 2. The van der Waals surface area contributed by atoms with Crippen LogP contribution in [0.15, 0.2) is 59.3 Å². The van der Waals surface area contributed by atoms with Crippen molar-refractivity contribution in [2.24, 2.45) is 0 Å². The average molecular weight is 375 g/mol. The summed E-state index contributed by atoms with van der Waals surface area (Å²) in [6, 6.07) is 12.5. The normalized spacial score (nSPS) is 11.7. The molecule has 1 N–H and O–H groups in total. The van der Waals surface area contributed by atoms with Crippen molar-refractivity contribution >= 4 is 34.6 Å². The molecule has 2 heterocycles. The minimum atomic E-state index is -1.14. The molecule has 1 atom stereocenters. The minimum Gasteiger partial charge on any atom is -0.443 e. The lowest BCUT2D eigenvalue weighted by Crippen LogP contribution is -2.31. The van der Waals surface area contributed by atoms with Gasteiger partial charge in [-0.3, -0.25) is 4.79 Å². The summed E-state index contributed by atoms with van der Waals surface area (Å²) in [5, 5.41) is 6.42. The number of benzene rings is 1. The molecule has 0 saturated carbocycles. The van der Waals surface area contributed by atoms with Crippen LogP contribution in [0, 0.1) is 5.82 Å². The predicted molar refractivity (Wildman–Crippen MR) is 95.0 cm³/mol. The average Bonchev–Trinajstić information content (AvgIpc) is 3.31. The second kappa shape index (κ2) is 8.04. The van der Waals surface area contributed by atoms with E-state index >= 15 is 0 Å². The van der Waals surface area contributed by atoms with Crippen LogP contribution in [0.4, 0.5) is 4.39 Å². The van der Waals surface area contributed by atoms with E-state index < -0.39 is 23.8 Å². The van der Waals surface area contributed by atoms with Crippen molar-refractivity contribution in [1.82, 2.24) is 5.32 Å². The maximum atomic E-state index is 13.2. The first-order chi connectivity index (χ1) is 12.1. The molecule has 2 aromatic heterocycles. The van der Waals surface area contributed by atoms with Crippen LogP contribution >= 0.6 is 22.7 Å². The van der Waals surface area contributed by atoms with Gasteiger partial charge in [-0.1, -0.05) is 24.3 Å². The Labute approximate surface area is 151 Å². The van der Waals surface area contributed by atoms with E-state index in [0.717, 1.165) is 4.88 Å². The molecule has 0 aliphatic heterocycles. The monoisotopic (exact) mass is 375 g/mol. The molecular formula is C18H14FNO3S2. The molecule has 0 fully saturated rings. The molecule has 1 aromatic carbocycles. The standard InChI is InChI=1S/C18H14FNO3S2/c19-13-7-5-12(6-8-13)16(23-18(22)15-4-2-10-25-15)17(21)20-11-14-3-1-9-24-14/h1-10,16H,11H2,(H,20,21). The van der Waals surface area contributed by atoms with Gasteiger partial charge >= 0.3 is 5.97 Å². The van der Waals surface area contributed by atoms with Crippen LogP contribution < -0.4 is 5.32 Å². The summed E-state index contributed by atoms with van der Waals surface area (Å²) in [5.41, 5.74) is 0.412. The minimum absolute atomic E-state index is 0.338. The number of thiophene rings is 2. The van der Waals surface area contributed by atoms with Gasteiger partial charge in [0.05, 0.1) is 6.54 Å². The van der Waals surface area contributed by atoms with Crippen LogP contribution in [0.3, 0.4) is 0 Å². The number of rotatable bonds is 6. The van der Waals surface area contributed by atoms with E-state index in [1.54, 1.807) is 17.5 Å². The fourth-order valence-electron chi connectivity index (χ4n) is 2.15. The quantitative estimate of drug-likeness (QED) is 0.658. The fraction of sp³-hybridized carbons (Fsp3) is 0.111. The third kappa shape index (κ3) is 4.52. The molecule has 0 saturated heterocycles. The summed E-state index contributed by atoms with van der Waals surface area (Å²) < 4.78 is 18.6. The molecule has 1 amide bonds. The molecule has 3 aromatic rings. The van der Waals surface area contributed by atoms with Gasteiger partial charge in [-0.15, -0.1) is 22.7 Å². The molecule has 7 heteroatoms. The lowest BCUT2D eigenvalue weighted by atomic mass is 10.1. The SMILES string of the molecule is O=C(OC(C(=O)NCc1cccs1)c1ccc(F)cc1)c1cccs1. The molecule has 3 rings (SSSR count). The number of esters is 1. The molecule has 0 spiro atoms. The number of halogens is 1. The number of carbonyl (C=O) groups excluding carboxylic acids is 2. The zero-order chi connectivity index (χ0) is 17.6. The van der Waals surface area contributed by atoms with Crippen LogP contribution in [-0.4, -0.2) is 11.9 Å². The van der Waals surface area contributed by atoms with Gasteiger partial charge in [0, 0.05) is 10.4 Å². The highest BCUT2D eigenvalue weighted by Gasteiger charge is 2.26. The predicted octanol–water partition coefficient (Wildman–Crippen LogP) is 4.16. The topological polar surface area (TPSA) is 55.4 Å². The first-order valence-electron chi connectivity index (χ1n) is 7.43. The highest BCUT2D eigenvalue weighted by Crippen LogP contribution is 2.22. The molecule has 128 valence electrons. The van der Waals surface area contributed by atoms with Gasteiger partial charge in [-0.2, -0.15) is 0 Å². The van der Waals surface area contributed by atoms with Crippen LogP contribution in [0.25, 0.3) is 0 Å². The molecular weight excluding hydrogens is 361 g/mol. The third-order valence-corrected chi connectivity index (χ3v) is 5.10. The fourth-order valence-corrected chi connectivity index (χ4v) is 3.40. The summed E-state index contributed by atoms with van der Waals surface area (Å²) in [6.45, 7) is 0.338. The van der Waals surface area contributed by atoms with Gasteiger partial charge in [-0.25, -0.2) is 9.18 Å². The van der Waals surface area contributed by atoms with E-state index in [9.17, 15) is 14.0 Å². The maximum absolute atomic E-state index is 13.2. The molecule has 0 bridgehead atoms. The number of hydrogen-bond donors (Lipinski definition) is 1. The van der Waals surface area contributed by atoms with Crippen molar-refractivity contribution in [3.8, 4) is 0 Å². The Morgan fingerprint density at radius 1 is 1.04 bits per heavy atom. The molecule has 0 aliphatic rings. The van der Waals surface area contributed by atoms with Crippen molar-refractivity contribution < 1.29 is 18.7 Å². The molecule has 0 aliphatic carbocycles. The Kier molecular flexibility index (Phi) is 5.57. The number of hydrogen-bond acceptors (Lipinski definition) is 5. The van der Waals surface area contributed by atoms with Crippen molar-refractivity contribution in [2.75, 3.05) is 0 Å². The Balaban J connectivity index is 1.76. The second-order valence-corrected chi connectivity index (χ2v) is 7.09. The number of amides is 1. The Bertz CT molecular complexity index is 830. The van der Waals surface area contributed by atoms with E-state index in [2.05, 4.69) is 5.32 Å². The highest BCUT2D eigenvalue weighted by molar-refractivity contribution is 7.12. The maximum Gasteiger partial charge on any atom is 0.349 e. The first-order valence-corrected chi connectivity index (χ1v) is 9.19. The Hall–Kier alpha value is -2.51. The van der Waals surface area contributed by atoms with E-state index in [4.69, 9.17) is 4.74 Å². The molecule has 25 heavy (non-hydrogen) atoms. The lowest BCUT2D eigenvalue weighted by Gasteiger charge is -2.17. The zero-order valence-corrected chi connectivity index (χ0v) is 14.6. The van der Waals surface area contributed by atoms with Crippen LogP contribution in [0.2, 0.25) is 0 Å². The van der Waals surface area contributed by atoms with Crippen LogP contribution in [0.1, 0.15) is 26.2 Å². The van der Waals surface area contributed by atoms with Crippen molar-refractivity contribution in [1.29, 1.82) is 0 Å². The van der Waals surface area contributed by atoms with Gasteiger partial charge in [0.1, 0.15) is 10.7 Å². The van der Waals surface area contributed by atoms with E-state index in [0.29, 0.717) is 17.0 Å². The molecule has 1 unspecified atom stereocenters. The molecule has 4 nitrogen and oxygen atoms in total. The van der Waals surface area contributed by atoms with Crippen molar-refractivity contribution in [3.63, 3.8) is 0 Å². The number of ether oxygens (including phenoxy) is 1. The summed E-state index contributed by atoms with van der Waals surface area (Å²) in [5.74, 6) is -1.47. The largest absolute Gasteiger partial charge is 0.443 e. The van der Waals surface area contributed by atoms with Gasteiger partial charge in [0.25, 0.3) is 5.91 Å². The van der Waals surface area contributed by atoms with E-state index in [1.807, 2.05) is 17.5 Å². The highest BCUT2D eigenvalue weighted by atomic mass is 32.1. The lowest BCUT2D eigenvalue weighted by molar-refractivity contribution is -0.130. The smallest absolute Gasteiger partial charge is 0.349 e. The Morgan fingerprint density at radius 2 is 1.76 bits per heavy atom. The first kappa shape index (κ1) is 17.3. The van der Waals surface area contributed by atoms with Gasteiger partial charge in [-0.05, 0) is 35.0 Å². The van der Waals surface area contributed by atoms with Gasteiger partial charge < -0.3 is 10.1 Å². The van der Waals surface area contributed by atoms with Crippen LogP contribution in [-0.2, 0) is 16.1 Å². The second-order valence-electron chi connectivity index (χ2n) is 5.11. The van der Waals surface area contributed by atoms with E-state index in [1.165, 1.54) is 46.9 Å². The van der Waals surface area contributed by atoms with E-state index in [-0.39, 0.29) is 0 Å². The van der Waals surface area contributed by atoms with Crippen molar-refractivity contribution in [2.45, 2.75) is 12.6 Å². The van der Waals surface area contributed by atoms with Crippen LogP contribution in [0.5, 0.6) is 0 Å². The molecule has 0 radical (unpaired) electrons. The summed E-state index contributed by atoms with van der Waals surface area (Å²) >= 11 is 2.75. The van der Waals surface area contributed by atoms with Crippen molar-refractivity contribution in [3.05, 3.63) is 80.4 Å².